The Morgan fingerprint density at radius 3 is 2.64 bits per heavy atom. The van der Waals surface area contributed by atoms with Gasteiger partial charge in [0.2, 0.25) is 10.0 Å². The summed E-state index contributed by atoms with van der Waals surface area (Å²) >= 11 is 7.60. The Morgan fingerprint density at radius 2 is 2.04 bits per heavy atom. The molecule has 0 amide bonds. The van der Waals surface area contributed by atoms with Gasteiger partial charge in [0.15, 0.2) is 0 Å². The molecule has 3 rings (SSSR count). The van der Waals surface area contributed by atoms with Crippen LogP contribution in [-0.4, -0.2) is 24.7 Å². The Labute approximate surface area is 156 Å². The molecule has 8 heteroatoms. The molecule has 0 saturated heterocycles. The summed E-state index contributed by atoms with van der Waals surface area (Å²) in [6, 6.07) is 10.1. The number of sulfonamides is 1. The summed E-state index contributed by atoms with van der Waals surface area (Å²) in [5.41, 5.74) is 2.88. The SMILES string of the molecule is Cc1cc(C)n([C@@H](CNS(=O)(=O)c2ccccc2Cl)c2ccsc2)n1. The van der Waals surface area contributed by atoms with E-state index in [0.29, 0.717) is 0 Å². The van der Waals surface area contributed by atoms with Crippen molar-refractivity contribution in [2.45, 2.75) is 24.8 Å². The highest BCUT2D eigenvalue weighted by Gasteiger charge is 2.23. The van der Waals surface area contributed by atoms with Crippen molar-refractivity contribution in [3.8, 4) is 0 Å². The number of nitrogens with one attached hydrogen (secondary N) is 1. The normalized spacial score (nSPS) is 13.1. The molecule has 1 atom stereocenters. The topological polar surface area (TPSA) is 64.0 Å². The second-order valence-electron chi connectivity index (χ2n) is 5.73. The van der Waals surface area contributed by atoms with Crippen LogP contribution in [0.25, 0.3) is 0 Å². The average Bonchev–Trinajstić information content (AvgIpc) is 3.18. The smallest absolute Gasteiger partial charge is 0.242 e. The minimum atomic E-state index is -3.71. The first kappa shape index (κ1) is 18.1. The molecule has 0 aliphatic heterocycles. The minimum absolute atomic E-state index is 0.0779. The van der Waals surface area contributed by atoms with Gasteiger partial charge < -0.3 is 0 Å². The molecule has 0 unspecified atom stereocenters. The maximum atomic E-state index is 12.6. The fourth-order valence-corrected chi connectivity index (χ4v) is 4.96. The van der Waals surface area contributed by atoms with Crippen molar-refractivity contribution in [1.29, 1.82) is 0 Å². The van der Waals surface area contributed by atoms with Crippen molar-refractivity contribution in [3.63, 3.8) is 0 Å². The van der Waals surface area contributed by atoms with Crippen molar-refractivity contribution >= 4 is 33.0 Å². The fourth-order valence-electron chi connectivity index (χ4n) is 2.70. The molecule has 5 nitrogen and oxygen atoms in total. The van der Waals surface area contributed by atoms with Gasteiger partial charge in [-0.05, 0) is 54.4 Å². The van der Waals surface area contributed by atoms with E-state index in [-0.39, 0.29) is 22.5 Å². The molecule has 0 radical (unpaired) electrons. The van der Waals surface area contributed by atoms with Gasteiger partial charge in [-0.25, -0.2) is 13.1 Å². The molecule has 25 heavy (non-hydrogen) atoms. The Kier molecular flexibility index (Phi) is 5.29. The highest BCUT2D eigenvalue weighted by Crippen LogP contribution is 2.24. The zero-order valence-corrected chi connectivity index (χ0v) is 16.2. The predicted octanol–water partition coefficient (Wildman–Crippen LogP) is 3.78. The molecule has 2 aromatic heterocycles. The molecule has 0 bridgehead atoms. The standard InChI is InChI=1S/C17H18ClN3O2S2/c1-12-9-13(2)21(20-12)16(14-7-8-24-11-14)10-19-25(22,23)17-6-4-3-5-15(17)18/h3-9,11,16,19H,10H2,1-2H3/t16-/m0/s1. The van der Waals surface area contributed by atoms with E-state index in [4.69, 9.17) is 11.6 Å². The number of aryl methyl sites for hydroxylation is 2. The van der Waals surface area contributed by atoms with Crippen molar-refractivity contribution in [1.82, 2.24) is 14.5 Å². The largest absolute Gasteiger partial charge is 0.261 e. The van der Waals surface area contributed by atoms with E-state index in [1.54, 1.807) is 29.5 Å². The van der Waals surface area contributed by atoms with Gasteiger partial charge in [0.1, 0.15) is 4.90 Å². The first-order chi connectivity index (χ1) is 11.9. The number of aromatic nitrogens is 2. The van der Waals surface area contributed by atoms with E-state index >= 15 is 0 Å². The summed E-state index contributed by atoms with van der Waals surface area (Å²) in [5.74, 6) is 0. The molecule has 0 fully saturated rings. The van der Waals surface area contributed by atoms with Crippen LogP contribution < -0.4 is 4.72 Å². The van der Waals surface area contributed by atoms with Gasteiger partial charge in [0.25, 0.3) is 0 Å². The molecular formula is C17H18ClN3O2S2. The summed E-state index contributed by atoms with van der Waals surface area (Å²) in [6.45, 7) is 4.07. The van der Waals surface area contributed by atoms with Crippen LogP contribution >= 0.6 is 22.9 Å². The first-order valence-electron chi connectivity index (χ1n) is 7.67. The van der Waals surface area contributed by atoms with Gasteiger partial charge in [-0.15, -0.1) is 0 Å². The van der Waals surface area contributed by atoms with Gasteiger partial charge >= 0.3 is 0 Å². The molecule has 1 N–H and O–H groups in total. The third-order valence-corrected chi connectivity index (χ3v) is 6.49. The van der Waals surface area contributed by atoms with E-state index < -0.39 is 10.0 Å². The lowest BCUT2D eigenvalue weighted by atomic mass is 10.1. The maximum Gasteiger partial charge on any atom is 0.242 e. The molecule has 0 aliphatic carbocycles. The number of benzene rings is 1. The van der Waals surface area contributed by atoms with Crippen LogP contribution in [-0.2, 0) is 10.0 Å². The van der Waals surface area contributed by atoms with Crippen LogP contribution in [0, 0.1) is 13.8 Å². The average molecular weight is 396 g/mol. The van der Waals surface area contributed by atoms with Gasteiger partial charge in [-0.2, -0.15) is 16.4 Å². The summed E-state index contributed by atoms with van der Waals surface area (Å²) in [6.07, 6.45) is 0. The summed E-state index contributed by atoms with van der Waals surface area (Å²) in [7, 11) is -3.71. The Hall–Kier alpha value is -1.67. The Bertz CT molecular complexity index is 966. The van der Waals surface area contributed by atoms with Crippen LogP contribution in [0.2, 0.25) is 5.02 Å². The highest BCUT2D eigenvalue weighted by atomic mass is 35.5. The van der Waals surface area contributed by atoms with E-state index in [0.717, 1.165) is 17.0 Å². The fraction of sp³-hybridized carbons (Fsp3) is 0.235. The third-order valence-electron chi connectivity index (χ3n) is 3.86. The number of rotatable bonds is 6. The Morgan fingerprint density at radius 1 is 1.28 bits per heavy atom. The van der Waals surface area contributed by atoms with Crippen LogP contribution in [0.15, 0.2) is 52.1 Å². The lowest BCUT2D eigenvalue weighted by molar-refractivity contribution is 0.495. The Balaban J connectivity index is 1.90. The minimum Gasteiger partial charge on any atom is -0.261 e. The van der Waals surface area contributed by atoms with Gasteiger partial charge in [0.05, 0.1) is 16.8 Å². The number of halogens is 1. The van der Waals surface area contributed by atoms with Gasteiger partial charge in [-0.1, -0.05) is 23.7 Å². The van der Waals surface area contributed by atoms with Gasteiger partial charge in [-0.3, -0.25) is 4.68 Å². The lowest BCUT2D eigenvalue weighted by Gasteiger charge is -2.19. The monoisotopic (exact) mass is 395 g/mol. The second-order valence-corrected chi connectivity index (χ2v) is 8.65. The molecule has 1 aromatic carbocycles. The highest BCUT2D eigenvalue weighted by molar-refractivity contribution is 7.89. The molecule has 132 valence electrons. The van der Waals surface area contributed by atoms with Crippen molar-refractivity contribution in [2.24, 2.45) is 0 Å². The van der Waals surface area contributed by atoms with E-state index in [1.165, 1.54) is 6.07 Å². The maximum absolute atomic E-state index is 12.6. The summed E-state index contributed by atoms with van der Waals surface area (Å²) in [5, 5.41) is 8.69. The number of hydrogen-bond donors (Lipinski definition) is 1. The number of thiophene rings is 1. The molecular weight excluding hydrogens is 378 g/mol. The van der Waals surface area contributed by atoms with Crippen LogP contribution in [0.5, 0.6) is 0 Å². The first-order valence-corrected chi connectivity index (χ1v) is 10.5. The number of hydrogen-bond acceptors (Lipinski definition) is 4. The molecule has 3 aromatic rings. The second kappa shape index (κ2) is 7.29. The van der Waals surface area contributed by atoms with Crippen molar-refractivity contribution < 1.29 is 8.42 Å². The summed E-state index contributed by atoms with van der Waals surface area (Å²) < 4.78 is 29.8. The summed E-state index contributed by atoms with van der Waals surface area (Å²) in [4.78, 5) is 0.0779. The van der Waals surface area contributed by atoms with Gasteiger partial charge in [0, 0.05) is 12.2 Å². The van der Waals surface area contributed by atoms with E-state index in [2.05, 4.69) is 9.82 Å². The lowest BCUT2D eigenvalue weighted by Crippen LogP contribution is -2.32. The van der Waals surface area contributed by atoms with E-state index in [9.17, 15) is 8.42 Å². The van der Waals surface area contributed by atoms with Crippen molar-refractivity contribution in [3.05, 3.63) is 69.1 Å². The zero-order valence-electron chi connectivity index (χ0n) is 13.8. The van der Waals surface area contributed by atoms with Crippen molar-refractivity contribution in [2.75, 3.05) is 6.54 Å². The predicted molar refractivity (Wildman–Crippen MR) is 101 cm³/mol. The third kappa shape index (κ3) is 3.95. The van der Waals surface area contributed by atoms with Crippen LogP contribution in [0.1, 0.15) is 23.0 Å². The molecule has 0 spiro atoms. The van der Waals surface area contributed by atoms with E-state index in [1.807, 2.05) is 41.4 Å². The van der Waals surface area contributed by atoms with Crippen LogP contribution in [0.3, 0.4) is 0 Å². The number of nitrogens with zero attached hydrogens (tertiary/aromatic N) is 2. The quantitative estimate of drug-likeness (QED) is 0.690. The molecule has 0 aliphatic rings. The van der Waals surface area contributed by atoms with Crippen LogP contribution in [0.4, 0.5) is 0 Å². The molecule has 0 saturated carbocycles. The zero-order chi connectivity index (χ0) is 18.0. The molecule has 2 heterocycles.